The van der Waals surface area contributed by atoms with Crippen LogP contribution in [0.2, 0.25) is 10.0 Å². The normalized spacial score (nSPS) is 11.5. The SMILES string of the molecule is CCN(Cc1cccc(C(F)(F)F)c1)C(=O)c1nc(-c2cc(Cl)c(O)c(Cl)c2)no1. The lowest BCUT2D eigenvalue weighted by atomic mass is 10.1. The van der Waals surface area contributed by atoms with Crippen molar-refractivity contribution >= 4 is 29.1 Å². The van der Waals surface area contributed by atoms with E-state index in [4.69, 9.17) is 27.7 Å². The summed E-state index contributed by atoms with van der Waals surface area (Å²) in [4.78, 5) is 18.0. The topological polar surface area (TPSA) is 79.5 Å². The molecule has 2 aromatic carbocycles. The number of aromatic nitrogens is 2. The zero-order valence-corrected chi connectivity index (χ0v) is 16.9. The molecule has 11 heteroatoms. The number of carbonyl (C=O) groups excluding carboxylic acids is 1. The fourth-order valence-electron chi connectivity index (χ4n) is 2.65. The molecule has 0 aliphatic carbocycles. The van der Waals surface area contributed by atoms with Crippen molar-refractivity contribution in [2.75, 3.05) is 6.54 Å². The number of nitrogens with zero attached hydrogens (tertiary/aromatic N) is 3. The first kappa shape index (κ1) is 21.9. The predicted octanol–water partition coefficient (Wildman–Crippen LogP) is 5.43. The van der Waals surface area contributed by atoms with Crippen molar-refractivity contribution in [3.63, 3.8) is 0 Å². The molecule has 0 unspecified atom stereocenters. The summed E-state index contributed by atoms with van der Waals surface area (Å²) in [6.07, 6.45) is -4.48. The third-order valence-corrected chi connectivity index (χ3v) is 4.76. The maximum absolute atomic E-state index is 12.9. The minimum Gasteiger partial charge on any atom is -0.505 e. The monoisotopic (exact) mass is 459 g/mol. The highest BCUT2D eigenvalue weighted by molar-refractivity contribution is 6.37. The Kier molecular flexibility index (Phi) is 6.23. The zero-order chi connectivity index (χ0) is 22.1. The van der Waals surface area contributed by atoms with Crippen molar-refractivity contribution in [2.24, 2.45) is 0 Å². The van der Waals surface area contributed by atoms with E-state index in [-0.39, 0.29) is 40.6 Å². The van der Waals surface area contributed by atoms with E-state index in [1.165, 1.54) is 29.2 Å². The number of benzene rings is 2. The Labute approximate surface area is 178 Å². The van der Waals surface area contributed by atoms with E-state index in [0.29, 0.717) is 11.1 Å². The van der Waals surface area contributed by atoms with Crippen LogP contribution in [0.5, 0.6) is 5.75 Å². The predicted molar refractivity (Wildman–Crippen MR) is 103 cm³/mol. The maximum atomic E-state index is 12.9. The molecule has 0 aliphatic rings. The first-order chi connectivity index (χ1) is 14.1. The molecule has 0 radical (unpaired) electrons. The van der Waals surface area contributed by atoms with Gasteiger partial charge in [0.2, 0.25) is 5.82 Å². The molecule has 1 heterocycles. The smallest absolute Gasteiger partial charge is 0.416 e. The molecule has 0 aliphatic heterocycles. The Bertz CT molecular complexity index is 1060. The molecule has 0 saturated heterocycles. The Hall–Kier alpha value is -2.78. The lowest BCUT2D eigenvalue weighted by molar-refractivity contribution is -0.137. The van der Waals surface area contributed by atoms with Crippen molar-refractivity contribution < 1.29 is 27.6 Å². The van der Waals surface area contributed by atoms with Crippen molar-refractivity contribution in [2.45, 2.75) is 19.6 Å². The first-order valence-electron chi connectivity index (χ1n) is 8.57. The van der Waals surface area contributed by atoms with Gasteiger partial charge in [-0.05, 0) is 36.8 Å². The van der Waals surface area contributed by atoms with Gasteiger partial charge in [-0.2, -0.15) is 18.2 Å². The molecule has 1 N–H and O–H groups in total. The van der Waals surface area contributed by atoms with E-state index in [1.807, 2.05) is 0 Å². The number of hydrogen-bond donors (Lipinski definition) is 1. The Balaban J connectivity index is 1.82. The molecule has 0 spiro atoms. The molecular formula is C19H14Cl2F3N3O3. The molecule has 158 valence electrons. The van der Waals surface area contributed by atoms with Gasteiger partial charge in [-0.1, -0.05) is 40.5 Å². The van der Waals surface area contributed by atoms with E-state index in [1.54, 1.807) is 6.92 Å². The van der Waals surface area contributed by atoms with Gasteiger partial charge >= 0.3 is 18.0 Å². The molecule has 3 aromatic rings. The third-order valence-electron chi connectivity index (χ3n) is 4.18. The first-order valence-corrected chi connectivity index (χ1v) is 9.33. The Morgan fingerprint density at radius 2 is 1.87 bits per heavy atom. The van der Waals surface area contributed by atoms with Crippen molar-refractivity contribution in [1.82, 2.24) is 15.0 Å². The second-order valence-electron chi connectivity index (χ2n) is 6.23. The fraction of sp³-hybridized carbons (Fsp3) is 0.211. The van der Waals surface area contributed by atoms with E-state index < -0.39 is 17.6 Å². The highest BCUT2D eigenvalue weighted by Crippen LogP contribution is 2.35. The van der Waals surface area contributed by atoms with Gasteiger partial charge in [0.1, 0.15) is 0 Å². The van der Waals surface area contributed by atoms with Crippen LogP contribution >= 0.6 is 23.2 Å². The van der Waals surface area contributed by atoms with Crippen molar-refractivity contribution in [1.29, 1.82) is 0 Å². The van der Waals surface area contributed by atoms with Gasteiger partial charge in [0.05, 0.1) is 15.6 Å². The summed E-state index contributed by atoms with van der Waals surface area (Å²) in [5.74, 6) is -1.29. The van der Waals surface area contributed by atoms with Gasteiger partial charge in [0, 0.05) is 18.7 Å². The van der Waals surface area contributed by atoms with Crippen LogP contribution in [-0.2, 0) is 12.7 Å². The molecule has 0 fully saturated rings. The Morgan fingerprint density at radius 3 is 2.47 bits per heavy atom. The summed E-state index contributed by atoms with van der Waals surface area (Å²) in [6, 6.07) is 7.41. The molecule has 1 aromatic heterocycles. The van der Waals surface area contributed by atoms with Gasteiger partial charge < -0.3 is 14.5 Å². The van der Waals surface area contributed by atoms with Crippen LogP contribution in [0.3, 0.4) is 0 Å². The summed E-state index contributed by atoms with van der Waals surface area (Å²) >= 11 is 11.7. The second kappa shape index (κ2) is 8.53. The number of alkyl halides is 3. The second-order valence-corrected chi connectivity index (χ2v) is 7.04. The third kappa shape index (κ3) is 4.68. The average molecular weight is 460 g/mol. The summed E-state index contributed by atoms with van der Waals surface area (Å²) in [6.45, 7) is 1.79. The molecule has 30 heavy (non-hydrogen) atoms. The van der Waals surface area contributed by atoms with Crippen LogP contribution in [0.1, 0.15) is 28.7 Å². The Morgan fingerprint density at radius 1 is 1.20 bits per heavy atom. The number of phenols is 1. The molecule has 3 rings (SSSR count). The fourth-order valence-corrected chi connectivity index (χ4v) is 3.14. The van der Waals surface area contributed by atoms with Crippen molar-refractivity contribution in [3.05, 3.63) is 63.5 Å². The molecule has 0 saturated carbocycles. The lowest BCUT2D eigenvalue weighted by Crippen LogP contribution is -2.30. The van der Waals surface area contributed by atoms with E-state index in [2.05, 4.69) is 10.1 Å². The van der Waals surface area contributed by atoms with Gasteiger partial charge in [-0.15, -0.1) is 0 Å². The van der Waals surface area contributed by atoms with Crippen molar-refractivity contribution in [3.8, 4) is 17.1 Å². The van der Waals surface area contributed by atoms with Crippen LogP contribution in [0, 0.1) is 0 Å². The molecule has 0 atom stereocenters. The van der Waals surface area contributed by atoms with Crippen LogP contribution < -0.4 is 0 Å². The number of hydrogen-bond acceptors (Lipinski definition) is 5. The largest absolute Gasteiger partial charge is 0.505 e. The number of aromatic hydroxyl groups is 1. The van der Waals surface area contributed by atoms with E-state index in [0.717, 1.165) is 12.1 Å². The minimum atomic E-state index is -4.48. The average Bonchev–Trinajstić information content (AvgIpc) is 3.19. The summed E-state index contributed by atoms with van der Waals surface area (Å²) < 4.78 is 43.7. The van der Waals surface area contributed by atoms with Gasteiger partial charge in [-0.3, -0.25) is 4.79 Å². The molecular weight excluding hydrogens is 446 g/mol. The standard InChI is InChI=1S/C19H14Cl2F3N3O3/c1-2-27(9-10-4-3-5-12(6-10)19(22,23)24)18(29)17-25-16(26-30-17)11-7-13(20)15(28)14(21)8-11/h3-8,28H,2,9H2,1H3. The number of phenolic OH excluding ortho intramolecular Hbond substituents is 1. The summed E-state index contributed by atoms with van der Waals surface area (Å²) in [5, 5.41) is 13.3. The highest BCUT2D eigenvalue weighted by Gasteiger charge is 2.31. The zero-order valence-electron chi connectivity index (χ0n) is 15.4. The number of rotatable bonds is 5. The molecule has 0 bridgehead atoms. The molecule has 1 amide bonds. The number of halogens is 5. The molecule has 6 nitrogen and oxygen atoms in total. The maximum Gasteiger partial charge on any atom is 0.416 e. The number of carbonyl (C=O) groups is 1. The van der Waals surface area contributed by atoms with Crippen LogP contribution in [0.15, 0.2) is 40.9 Å². The number of amides is 1. The van der Waals surface area contributed by atoms with E-state index in [9.17, 15) is 23.1 Å². The van der Waals surface area contributed by atoms with E-state index >= 15 is 0 Å². The van der Waals surface area contributed by atoms with Gasteiger partial charge in [0.15, 0.2) is 5.75 Å². The quantitative estimate of drug-likeness (QED) is 0.550. The summed E-state index contributed by atoms with van der Waals surface area (Å²) in [7, 11) is 0. The summed E-state index contributed by atoms with van der Waals surface area (Å²) in [5.41, 5.74) is -0.187. The van der Waals surface area contributed by atoms with Gasteiger partial charge in [-0.25, -0.2) is 0 Å². The van der Waals surface area contributed by atoms with Crippen LogP contribution in [0.4, 0.5) is 13.2 Å². The highest BCUT2D eigenvalue weighted by atomic mass is 35.5. The minimum absolute atomic E-state index is 0.0114. The lowest BCUT2D eigenvalue weighted by Gasteiger charge is -2.19. The van der Waals surface area contributed by atoms with Gasteiger partial charge in [0.25, 0.3) is 0 Å². The van der Waals surface area contributed by atoms with Crippen LogP contribution in [-0.4, -0.2) is 32.6 Å². The van der Waals surface area contributed by atoms with Crippen LogP contribution in [0.25, 0.3) is 11.4 Å².